The minimum Gasteiger partial charge on any atom is -0.508 e. The monoisotopic (exact) mass is 264 g/mol. The summed E-state index contributed by atoms with van der Waals surface area (Å²) < 4.78 is 0. The maximum Gasteiger partial charge on any atom is 0.257 e. The van der Waals surface area contributed by atoms with Gasteiger partial charge in [0.05, 0.1) is 5.56 Å². The normalized spacial score (nSPS) is 23.4. The molecule has 3 N–H and O–H groups in total. The number of hydrogen-bond donors (Lipinski definition) is 3. The second-order valence-electron chi connectivity index (χ2n) is 5.11. The summed E-state index contributed by atoms with van der Waals surface area (Å²) in [5.74, 6) is 0.0301. The van der Waals surface area contributed by atoms with Gasteiger partial charge in [0.2, 0.25) is 0 Å². The van der Waals surface area contributed by atoms with E-state index >= 15 is 0 Å². The Hall–Kier alpha value is -1.75. The Labute approximate surface area is 112 Å². The molecule has 1 amide bonds. The molecule has 0 aromatic heterocycles. The number of carbonyl (C=O) groups excluding carboxylic acids is 1. The predicted molar refractivity (Wildman–Crippen MR) is 72.3 cm³/mol. The van der Waals surface area contributed by atoms with Gasteiger partial charge in [-0.05, 0) is 37.6 Å². The van der Waals surface area contributed by atoms with Gasteiger partial charge >= 0.3 is 0 Å². The maximum absolute atomic E-state index is 12.3. The van der Waals surface area contributed by atoms with E-state index in [1.165, 1.54) is 18.2 Å². The molecule has 5 nitrogen and oxygen atoms in total. The molecule has 0 saturated carbocycles. The number of aromatic hydroxyl groups is 2. The van der Waals surface area contributed by atoms with Crippen LogP contribution in [0.2, 0.25) is 0 Å². The Morgan fingerprint density at radius 3 is 2.79 bits per heavy atom. The standard InChI is InChI=1S/C14H20N2O3/c1-9-8-16(6-5-12(9)15-2)14(19)11-7-10(17)3-4-13(11)18/h3-4,7,9,12,15,17-18H,5-6,8H2,1-2H3. The fourth-order valence-electron chi connectivity index (χ4n) is 2.62. The van der Waals surface area contributed by atoms with Gasteiger partial charge in [-0.1, -0.05) is 6.92 Å². The second-order valence-corrected chi connectivity index (χ2v) is 5.11. The highest BCUT2D eigenvalue weighted by molar-refractivity contribution is 5.97. The molecular weight excluding hydrogens is 244 g/mol. The first-order valence-electron chi connectivity index (χ1n) is 6.51. The number of hydrogen-bond acceptors (Lipinski definition) is 4. The molecule has 0 spiro atoms. The predicted octanol–water partition coefficient (Wildman–Crippen LogP) is 1.17. The summed E-state index contributed by atoms with van der Waals surface area (Å²) in [7, 11) is 1.93. The highest BCUT2D eigenvalue weighted by Crippen LogP contribution is 2.25. The van der Waals surface area contributed by atoms with E-state index in [9.17, 15) is 15.0 Å². The lowest BCUT2D eigenvalue weighted by molar-refractivity contribution is 0.0646. The van der Waals surface area contributed by atoms with E-state index in [0.717, 1.165) is 6.42 Å². The van der Waals surface area contributed by atoms with Crippen LogP contribution in [0.15, 0.2) is 18.2 Å². The maximum atomic E-state index is 12.3. The van der Waals surface area contributed by atoms with Gasteiger partial charge in [0.25, 0.3) is 5.91 Å². The number of rotatable bonds is 2. The third-order valence-corrected chi connectivity index (χ3v) is 3.77. The van der Waals surface area contributed by atoms with E-state index < -0.39 is 0 Å². The van der Waals surface area contributed by atoms with Crippen LogP contribution in [-0.4, -0.2) is 47.2 Å². The molecule has 5 heteroatoms. The third-order valence-electron chi connectivity index (χ3n) is 3.77. The number of nitrogens with zero attached hydrogens (tertiary/aromatic N) is 1. The molecule has 1 heterocycles. The first-order chi connectivity index (χ1) is 9.02. The lowest BCUT2D eigenvalue weighted by atomic mass is 9.93. The highest BCUT2D eigenvalue weighted by atomic mass is 16.3. The van der Waals surface area contributed by atoms with Crippen LogP contribution in [0.1, 0.15) is 23.7 Å². The van der Waals surface area contributed by atoms with E-state index in [2.05, 4.69) is 12.2 Å². The van der Waals surface area contributed by atoms with Gasteiger partial charge < -0.3 is 20.4 Å². The van der Waals surface area contributed by atoms with Crippen molar-refractivity contribution in [1.29, 1.82) is 0 Å². The summed E-state index contributed by atoms with van der Waals surface area (Å²) >= 11 is 0. The molecule has 1 aromatic carbocycles. The smallest absolute Gasteiger partial charge is 0.257 e. The van der Waals surface area contributed by atoms with Crippen molar-refractivity contribution < 1.29 is 15.0 Å². The van der Waals surface area contributed by atoms with E-state index in [1.807, 2.05) is 7.05 Å². The molecule has 1 fully saturated rings. The molecule has 1 aliphatic rings. The zero-order valence-electron chi connectivity index (χ0n) is 11.3. The van der Waals surface area contributed by atoms with Gasteiger partial charge in [0.1, 0.15) is 11.5 Å². The number of carbonyl (C=O) groups is 1. The first-order valence-corrected chi connectivity index (χ1v) is 6.51. The number of amides is 1. The molecule has 0 bridgehead atoms. The molecule has 2 atom stereocenters. The van der Waals surface area contributed by atoms with Crippen molar-refractivity contribution in [3.05, 3.63) is 23.8 Å². The second kappa shape index (κ2) is 5.48. The van der Waals surface area contributed by atoms with E-state index in [4.69, 9.17) is 0 Å². The topological polar surface area (TPSA) is 72.8 Å². The van der Waals surface area contributed by atoms with E-state index in [-0.39, 0.29) is 23.0 Å². The minimum absolute atomic E-state index is 0.0145. The van der Waals surface area contributed by atoms with E-state index in [1.54, 1.807) is 4.90 Å². The van der Waals surface area contributed by atoms with Gasteiger partial charge in [-0.15, -0.1) is 0 Å². The summed E-state index contributed by atoms with van der Waals surface area (Å²) in [6.07, 6.45) is 0.892. The summed E-state index contributed by atoms with van der Waals surface area (Å²) in [6.45, 7) is 3.41. The number of phenolic OH excluding ortho intramolecular Hbond substituents is 2. The largest absolute Gasteiger partial charge is 0.508 e. The molecule has 1 aromatic rings. The fraction of sp³-hybridized carbons (Fsp3) is 0.500. The summed E-state index contributed by atoms with van der Waals surface area (Å²) in [6, 6.07) is 4.43. The number of likely N-dealkylation sites (tertiary alicyclic amines) is 1. The Morgan fingerprint density at radius 2 is 2.16 bits per heavy atom. The molecular formula is C14H20N2O3. The Kier molecular flexibility index (Phi) is 3.95. The lowest BCUT2D eigenvalue weighted by Crippen LogP contribution is -2.49. The van der Waals surface area contributed by atoms with Gasteiger partial charge in [-0.2, -0.15) is 0 Å². The van der Waals surface area contributed by atoms with Crippen molar-refractivity contribution >= 4 is 5.91 Å². The van der Waals surface area contributed by atoms with Gasteiger partial charge in [-0.3, -0.25) is 4.79 Å². The molecule has 2 rings (SSSR count). The van der Waals surface area contributed by atoms with Crippen LogP contribution in [0, 0.1) is 5.92 Å². The first kappa shape index (κ1) is 13.7. The third kappa shape index (κ3) is 2.81. The van der Waals surface area contributed by atoms with Crippen molar-refractivity contribution in [2.24, 2.45) is 5.92 Å². The van der Waals surface area contributed by atoms with Gasteiger partial charge in [-0.25, -0.2) is 0 Å². The fourth-order valence-corrected chi connectivity index (χ4v) is 2.62. The van der Waals surface area contributed by atoms with Crippen LogP contribution in [-0.2, 0) is 0 Å². The Balaban J connectivity index is 2.14. The van der Waals surface area contributed by atoms with Crippen LogP contribution >= 0.6 is 0 Å². The molecule has 1 aliphatic heterocycles. The lowest BCUT2D eigenvalue weighted by Gasteiger charge is -2.36. The average molecular weight is 264 g/mol. The average Bonchev–Trinajstić information content (AvgIpc) is 2.40. The summed E-state index contributed by atoms with van der Waals surface area (Å²) in [5.41, 5.74) is 0.162. The summed E-state index contributed by atoms with van der Waals surface area (Å²) in [5, 5.41) is 22.4. The molecule has 2 unspecified atom stereocenters. The van der Waals surface area contributed by atoms with Gasteiger partial charge in [0, 0.05) is 19.1 Å². The van der Waals surface area contributed by atoms with Crippen LogP contribution in [0.3, 0.4) is 0 Å². The van der Waals surface area contributed by atoms with Crippen LogP contribution in [0.4, 0.5) is 0 Å². The van der Waals surface area contributed by atoms with Crippen molar-refractivity contribution in [2.75, 3.05) is 20.1 Å². The van der Waals surface area contributed by atoms with Crippen molar-refractivity contribution in [3.63, 3.8) is 0 Å². The highest BCUT2D eigenvalue weighted by Gasteiger charge is 2.29. The molecule has 0 radical (unpaired) electrons. The zero-order valence-corrected chi connectivity index (χ0v) is 11.3. The SMILES string of the molecule is CNC1CCN(C(=O)c2cc(O)ccc2O)CC1C. The minimum atomic E-state index is -0.227. The van der Waals surface area contributed by atoms with Crippen LogP contribution in [0.25, 0.3) is 0 Å². The van der Waals surface area contributed by atoms with Crippen LogP contribution < -0.4 is 5.32 Å². The zero-order chi connectivity index (χ0) is 14.0. The summed E-state index contributed by atoms with van der Waals surface area (Å²) in [4.78, 5) is 14.1. The number of phenols is 2. The van der Waals surface area contributed by atoms with Crippen molar-refractivity contribution in [3.8, 4) is 11.5 Å². The number of piperidine rings is 1. The molecule has 1 saturated heterocycles. The number of nitrogens with one attached hydrogen (secondary N) is 1. The molecule has 19 heavy (non-hydrogen) atoms. The van der Waals surface area contributed by atoms with Crippen LogP contribution in [0.5, 0.6) is 11.5 Å². The molecule has 0 aliphatic carbocycles. The Bertz CT molecular complexity index is 476. The number of benzene rings is 1. The molecule has 104 valence electrons. The van der Waals surface area contributed by atoms with Crippen molar-refractivity contribution in [2.45, 2.75) is 19.4 Å². The van der Waals surface area contributed by atoms with E-state index in [0.29, 0.717) is 25.0 Å². The van der Waals surface area contributed by atoms with Gasteiger partial charge in [0.15, 0.2) is 0 Å². The van der Waals surface area contributed by atoms with Crippen molar-refractivity contribution in [1.82, 2.24) is 10.2 Å². The Morgan fingerprint density at radius 1 is 1.42 bits per heavy atom. The quantitative estimate of drug-likeness (QED) is 0.701.